The first-order chi connectivity index (χ1) is 8.52. The highest BCUT2D eigenvalue weighted by Crippen LogP contribution is 1.99. The van der Waals surface area contributed by atoms with Gasteiger partial charge in [-0.2, -0.15) is 0 Å². The highest BCUT2D eigenvalue weighted by atomic mass is 16.4. The number of aliphatic carboxylic acids is 1. The molecule has 18 heavy (non-hydrogen) atoms. The van der Waals surface area contributed by atoms with Gasteiger partial charge in [0, 0.05) is 24.4 Å². The van der Waals surface area contributed by atoms with Crippen LogP contribution in [-0.2, 0) is 11.2 Å². The van der Waals surface area contributed by atoms with E-state index in [1.54, 1.807) is 13.0 Å². The van der Waals surface area contributed by atoms with Crippen LogP contribution in [-0.4, -0.2) is 39.2 Å². The average Bonchev–Trinajstić information content (AvgIpc) is 2.80. The first kappa shape index (κ1) is 13.8. The summed E-state index contributed by atoms with van der Waals surface area (Å²) in [6.07, 6.45) is 4.66. The number of carbonyl (C=O) groups is 2. The summed E-state index contributed by atoms with van der Waals surface area (Å²) in [5.74, 6) is -1.11. The van der Waals surface area contributed by atoms with Crippen molar-refractivity contribution >= 4 is 12.0 Å². The van der Waals surface area contributed by atoms with Gasteiger partial charge in [-0.3, -0.25) is 0 Å². The highest BCUT2D eigenvalue weighted by molar-refractivity contribution is 5.82. The van der Waals surface area contributed by atoms with Gasteiger partial charge < -0.3 is 20.7 Å². The van der Waals surface area contributed by atoms with Crippen molar-refractivity contribution in [1.29, 1.82) is 0 Å². The molecule has 0 aliphatic heterocycles. The number of amides is 2. The van der Waals surface area contributed by atoms with Gasteiger partial charge >= 0.3 is 12.0 Å². The van der Waals surface area contributed by atoms with E-state index in [0.29, 0.717) is 5.69 Å². The molecule has 0 aromatic carbocycles. The van der Waals surface area contributed by atoms with Crippen molar-refractivity contribution in [2.75, 3.05) is 0 Å². The van der Waals surface area contributed by atoms with E-state index in [-0.39, 0.29) is 12.5 Å². The van der Waals surface area contributed by atoms with E-state index >= 15 is 0 Å². The molecule has 0 bridgehead atoms. The Morgan fingerprint density at radius 2 is 2.33 bits per heavy atom. The second-order valence-corrected chi connectivity index (χ2v) is 3.81. The summed E-state index contributed by atoms with van der Waals surface area (Å²) in [4.78, 5) is 29.1. The number of hydrogen-bond acceptors (Lipinski definition) is 3. The van der Waals surface area contributed by atoms with Gasteiger partial charge in [-0.05, 0) is 6.92 Å². The zero-order valence-corrected chi connectivity index (χ0v) is 10.0. The van der Waals surface area contributed by atoms with E-state index in [1.165, 1.54) is 12.5 Å². The van der Waals surface area contributed by atoms with Crippen LogP contribution >= 0.6 is 0 Å². The van der Waals surface area contributed by atoms with Crippen molar-refractivity contribution in [3.63, 3.8) is 0 Å². The highest BCUT2D eigenvalue weighted by Gasteiger charge is 2.21. The summed E-state index contributed by atoms with van der Waals surface area (Å²) in [7, 11) is 0. The lowest BCUT2D eigenvalue weighted by Gasteiger charge is -2.16. The van der Waals surface area contributed by atoms with Crippen LogP contribution in [0.25, 0.3) is 0 Å². The van der Waals surface area contributed by atoms with Crippen LogP contribution in [0, 0.1) is 0 Å². The van der Waals surface area contributed by atoms with E-state index in [2.05, 4.69) is 27.2 Å². The number of nitrogens with zero attached hydrogens (tertiary/aromatic N) is 1. The van der Waals surface area contributed by atoms with Crippen LogP contribution in [0.2, 0.25) is 0 Å². The second kappa shape index (κ2) is 6.43. The molecule has 7 nitrogen and oxygen atoms in total. The number of carbonyl (C=O) groups excluding carboxylic acids is 1. The van der Waals surface area contributed by atoms with Gasteiger partial charge in [0.05, 0.1) is 6.33 Å². The molecule has 0 radical (unpaired) electrons. The number of aromatic amines is 1. The molecule has 2 atom stereocenters. The lowest BCUT2D eigenvalue weighted by Crippen LogP contribution is -2.49. The first-order valence-corrected chi connectivity index (χ1v) is 5.42. The molecule has 2 unspecified atom stereocenters. The van der Waals surface area contributed by atoms with Gasteiger partial charge in [0.15, 0.2) is 0 Å². The maximum atomic E-state index is 11.5. The molecular formula is C11H16N4O3. The smallest absolute Gasteiger partial charge is 0.326 e. The number of carboxylic acid groups (broad SMARTS) is 1. The molecule has 4 N–H and O–H groups in total. The largest absolute Gasteiger partial charge is 0.480 e. The van der Waals surface area contributed by atoms with Crippen LogP contribution < -0.4 is 10.6 Å². The van der Waals surface area contributed by atoms with Gasteiger partial charge in [-0.25, -0.2) is 14.6 Å². The number of imidazole rings is 1. The van der Waals surface area contributed by atoms with Crippen molar-refractivity contribution in [2.24, 2.45) is 0 Å². The molecule has 0 saturated heterocycles. The predicted molar refractivity (Wildman–Crippen MR) is 65.0 cm³/mol. The third kappa shape index (κ3) is 4.28. The summed E-state index contributed by atoms with van der Waals surface area (Å²) in [5.41, 5.74) is 0.638. The van der Waals surface area contributed by atoms with Crippen LogP contribution in [0.4, 0.5) is 4.79 Å². The Kier molecular flexibility index (Phi) is 4.91. The molecule has 1 rings (SSSR count). The zero-order valence-electron chi connectivity index (χ0n) is 10.0. The minimum Gasteiger partial charge on any atom is -0.480 e. The van der Waals surface area contributed by atoms with E-state index in [9.17, 15) is 9.59 Å². The lowest BCUT2D eigenvalue weighted by molar-refractivity contribution is -0.139. The van der Waals surface area contributed by atoms with Gasteiger partial charge in [0.1, 0.15) is 6.04 Å². The van der Waals surface area contributed by atoms with Crippen LogP contribution in [0.3, 0.4) is 0 Å². The molecule has 2 amide bonds. The molecule has 0 saturated carbocycles. The number of aromatic nitrogens is 2. The minimum absolute atomic E-state index is 0.144. The number of nitrogens with one attached hydrogen (secondary N) is 3. The van der Waals surface area contributed by atoms with E-state index in [0.717, 1.165) is 0 Å². The molecule has 1 aromatic heterocycles. The van der Waals surface area contributed by atoms with Crippen molar-refractivity contribution < 1.29 is 14.7 Å². The third-order valence-electron chi connectivity index (χ3n) is 2.29. The quantitative estimate of drug-likeness (QED) is 0.545. The molecule has 0 aliphatic carbocycles. The fourth-order valence-electron chi connectivity index (χ4n) is 1.28. The summed E-state index contributed by atoms with van der Waals surface area (Å²) >= 11 is 0. The third-order valence-corrected chi connectivity index (χ3v) is 2.29. The first-order valence-electron chi connectivity index (χ1n) is 5.42. The van der Waals surface area contributed by atoms with Gasteiger partial charge in [-0.15, -0.1) is 6.58 Å². The van der Waals surface area contributed by atoms with Crippen molar-refractivity contribution in [1.82, 2.24) is 20.6 Å². The summed E-state index contributed by atoms with van der Waals surface area (Å²) in [6.45, 7) is 5.25. The maximum Gasteiger partial charge on any atom is 0.326 e. The standard InChI is InChI=1S/C11H16N4O3/c1-3-7(2)14-11(18)15-9(10(16)17)4-8-5-12-6-13-8/h3,5-7,9H,1,4H2,2H3,(H,12,13)(H,16,17)(H2,14,15,18). The lowest BCUT2D eigenvalue weighted by atomic mass is 10.1. The molecule has 7 heteroatoms. The van der Waals surface area contributed by atoms with Crippen molar-refractivity contribution in [3.05, 3.63) is 30.9 Å². The molecular weight excluding hydrogens is 236 g/mol. The number of urea groups is 1. The Balaban J connectivity index is 2.55. The van der Waals surface area contributed by atoms with Crippen LogP contribution in [0.1, 0.15) is 12.6 Å². The Morgan fingerprint density at radius 1 is 1.61 bits per heavy atom. The molecule has 0 aliphatic rings. The topological polar surface area (TPSA) is 107 Å². The number of H-pyrrole nitrogens is 1. The molecule has 0 fully saturated rings. The fourth-order valence-corrected chi connectivity index (χ4v) is 1.28. The van der Waals surface area contributed by atoms with Gasteiger partial charge in [0.2, 0.25) is 0 Å². The van der Waals surface area contributed by atoms with Crippen molar-refractivity contribution in [2.45, 2.75) is 25.4 Å². The average molecular weight is 252 g/mol. The number of hydrogen-bond donors (Lipinski definition) is 4. The summed E-state index contributed by atoms with van der Waals surface area (Å²) in [6, 6.07) is -1.79. The van der Waals surface area contributed by atoms with E-state index in [1.807, 2.05) is 0 Å². The van der Waals surface area contributed by atoms with Crippen LogP contribution in [0.15, 0.2) is 25.2 Å². The van der Waals surface area contributed by atoms with E-state index in [4.69, 9.17) is 5.11 Å². The number of carboxylic acids is 1. The normalized spacial score (nSPS) is 13.4. The van der Waals surface area contributed by atoms with Gasteiger partial charge in [0.25, 0.3) is 0 Å². The zero-order chi connectivity index (χ0) is 13.5. The molecule has 0 spiro atoms. The Bertz CT molecular complexity index is 416. The predicted octanol–water partition coefficient (Wildman–Crippen LogP) is 0.279. The van der Waals surface area contributed by atoms with Crippen LogP contribution in [0.5, 0.6) is 0 Å². The maximum absolute atomic E-state index is 11.5. The minimum atomic E-state index is -1.11. The summed E-state index contributed by atoms with van der Waals surface area (Å²) in [5, 5.41) is 13.9. The monoisotopic (exact) mass is 252 g/mol. The fraction of sp³-hybridized carbons (Fsp3) is 0.364. The SMILES string of the molecule is C=CC(C)NC(=O)NC(Cc1cnc[nH]1)C(=O)O. The Morgan fingerprint density at radius 3 is 2.83 bits per heavy atom. The molecule has 1 aromatic rings. The molecule has 1 heterocycles. The second-order valence-electron chi connectivity index (χ2n) is 3.81. The molecule has 98 valence electrons. The number of rotatable bonds is 6. The van der Waals surface area contributed by atoms with Gasteiger partial charge in [-0.1, -0.05) is 6.08 Å². The Labute approximate surface area is 104 Å². The Hall–Kier alpha value is -2.31. The summed E-state index contributed by atoms with van der Waals surface area (Å²) < 4.78 is 0. The van der Waals surface area contributed by atoms with E-state index < -0.39 is 18.0 Å². The van der Waals surface area contributed by atoms with Crippen molar-refractivity contribution in [3.8, 4) is 0 Å².